The molecule has 0 aliphatic rings. The van der Waals surface area contributed by atoms with Crippen LogP contribution in [-0.4, -0.2) is 28.2 Å². The van der Waals surface area contributed by atoms with Gasteiger partial charge in [-0.1, -0.05) is 6.07 Å². The Kier molecular flexibility index (Phi) is 3.17. The van der Waals surface area contributed by atoms with Crippen molar-refractivity contribution in [2.45, 2.75) is 11.8 Å². The molecular formula is C9H9N5O4S. The quantitative estimate of drug-likeness (QED) is 0.641. The van der Waals surface area contributed by atoms with Gasteiger partial charge in [0.1, 0.15) is 12.7 Å². The third-order valence-corrected chi connectivity index (χ3v) is 3.66. The molecule has 0 bridgehead atoms. The molecular weight excluding hydrogens is 274 g/mol. The highest BCUT2D eigenvalue weighted by Gasteiger charge is 2.19. The Morgan fingerprint density at radius 3 is 2.53 bits per heavy atom. The first-order valence-corrected chi connectivity index (χ1v) is 6.51. The van der Waals surface area contributed by atoms with Crippen LogP contribution in [0.1, 0.15) is 5.56 Å². The van der Waals surface area contributed by atoms with E-state index in [0.29, 0.717) is 5.56 Å². The van der Waals surface area contributed by atoms with E-state index in [1.165, 1.54) is 19.1 Å². The van der Waals surface area contributed by atoms with E-state index in [1.807, 2.05) is 0 Å². The summed E-state index contributed by atoms with van der Waals surface area (Å²) in [5.74, 6) is 0. The van der Waals surface area contributed by atoms with Gasteiger partial charge < -0.3 is 0 Å². The van der Waals surface area contributed by atoms with Crippen molar-refractivity contribution < 1.29 is 13.3 Å². The smallest absolute Gasteiger partial charge is 0.258 e. The Morgan fingerprint density at radius 1 is 1.32 bits per heavy atom. The topological polar surface area (TPSA) is 120 Å². The molecule has 0 saturated carbocycles. The standard InChI is InChI=1S/C9H9N5O4S/c1-7-2-3-8(4-9(7)14(15)16)19(17,18)12-13-5-10-11-6-13/h2-6,12H,1H3. The zero-order valence-electron chi connectivity index (χ0n) is 9.72. The summed E-state index contributed by atoms with van der Waals surface area (Å²) in [6.45, 7) is 1.53. The van der Waals surface area contributed by atoms with E-state index in [2.05, 4.69) is 15.0 Å². The highest BCUT2D eigenvalue weighted by Crippen LogP contribution is 2.22. The lowest BCUT2D eigenvalue weighted by atomic mass is 10.2. The minimum absolute atomic E-state index is 0.210. The average molecular weight is 283 g/mol. The summed E-state index contributed by atoms with van der Waals surface area (Å²) in [7, 11) is -3.93. The molecule has 0 unspecified atom stereocenters. The van der Waals surface area contributed by atoms with Crippen molar-refractivity contribution in [1.29, 1.82) is 0 Å². The second-order valence-corrected chi connectivity index (χ2v) is 5.33. The molecule has 0 aliphatic heterocycles. The minimum Gasteiger partial charge on any atom is -0.258 e. The van der Waals surface area contributed by atoms with Gasteiger partial charge >= 0.3 is 0 Å². The molecule has 1 aromatic heterocycles. The Balaban J connectivity index is 2.41. The third kappa shape index (κ3) is 2.68. The molecule has 0 fully saturated rings. The van der Waals surface area contributed by atoms with Crippen molar-refractivity contribution in [3.05, 3.63) is 46.5 Å². The van der Waals surface area contributed by atoms with Gasteiger partial charge in [0.2, 0.25) is 0 Å². The van der Waals surface area contributed by atoms with Crippen molar-refractivity contribution >= 4 is 15.7 Å². The number of rotatable bonds is 4. The second kappa shape index (κ2) is 4.65. The fraction of sp³-hybridized carbons (Fsp3) is 0.111. The third-order valence-electron chi connectivity index (χ3n) is 2.33. The molecule has 0 amide bonds. The SMILES string of the molecule is Cc1ccc(S(=O)(=O)Nn2cnnc2)cc1[N+](=O)[O-]. The van der Waals surface area contributed by atoms with E-state index >= 15 is 0 Å². The van der Waals surface area contributed by atoms with Crippen LogP contribution in [0.15, 0.2) is 35.7 Å². The van der Waals surface area contributed by atoms with E-state index < -0.39 is 14.9 Å². The van der Waals surface area contributed by atoms with Crippen LogP contribution in [-0.2, 0) is 10.0 Å². The van der Waals surface area contributed by atoms with Crippen LogP contribution in [0, 0.1) is 17.0 Å². The van der Waals surface area contributed by atoms with Crippen LogP contribution < -0.4 is 4.83 Å². The predicted octanol–water partition coefficient (Wildman–Crippen LogP) is 0.427. The van der Waals surface area contributed by atoms with Crippen LogP contribution in [0.4, 0.5) is 5.69 Å². The summed E-state index contributed by atoms with van der Waals surface area (Å²) in [5.41, 5.74) is 0.125. The average Bonchev–Trinajstić information content (AvgIpc) is 2.80. The van der Waals surface area contributed by atoms with Crippen LogP contribution in [0.5, 0.6) is 0 Å². The summed E-state index contributed by atoms with van der Waals surface area (Å²) in [4.78, 5) is 12.1. The lowest BCUT2D eigenvalue weighted by Gasteiger charge is -2.07. The lowest BCUT2D eigenvalue weighted by Crippen LogP contribution is -2.22. The van der Waals surface area contributed by atoms with Crippen molar-refractivity contribution in [2.24, 2.45) is 0 Å². The van der Waals surface area contributed by atoms with Gasteiger partial charge in [-0.05, 0) is 13.0 Å². The summed E-state index contributed by atoms with van der Waals surface area (Å²) in [6.07, 6.45) is 2.31. The summed E-state index contributed by atoms with van der Waals surface area (Å²) < 4.78 is 25.0. The number of nitrogens with one attached hydrogen (secondary N) is 1. The molecule has 0 spiro atoms. The molecule has 1 heterocycles. The Morgan fingerprint density at radius 2 is 1.95 bits per heavy atom. The summed E-state index contributed by atoms with van der Waals surface area (Å²) in [6, 6.07) is 3.66. The maximum absolute atomic E-state index is 12.0. The molecule has 19 heavy (non-hydrogen) atoms. The van der Waals surface area contributed by atoms with Gasteiger partial charge in [0.15, 0.2) is 0 Å². The van der Waals surface area contributed by atoms with Gasteiger partial charge in [0.25, 0.3) is 15.7 Å². The van der Waals surface area contributed by atoms with Crippen LogP contribution in [0.3, 0.4) is 0 Å². The maximum atomic E-state index is 12.0. The molecule has 0 atom stereocenters. The molecule has 100 valence electrons. The number of nitro benzene ring substituents is 1. The molecule has 0 radical (unpaired) electrons. The first kappa shape index (κ1) is 13.0. The maximum Gasteiger partial charge on any atom is 0.275 e. The second-order valence-electron chi connectivity index (χ2n) is 3.67. The Labute approximate surface area is 108 Å². The Hall–Kier alpha value is -2.49. The van der Waals surface area contributed by atoms with Gasteiger partial charge in [-0.3, -0.25) is 10.1 Å². The Bertz CT molecular complexity index is 710. The van der Waals surface area contributed by atoms with Crippen molar-refractivity contribution in [1.82, 2.24) is 14.9 Å². The zero-order valence-corrected chi connectivity index (χ0v) is 10.5. The monoisotopic (exact) mass is 283 g/mol. The van der Waals surface area contributed by atoms with E-state index in [0.717, 1.165) is 23.4 Å². The molecule has 2 rings (SSSR count). The summed E-state index contributed by atoms with van der Waals surface area (Å²) >= 11 is 0. The van der Waals surface area contributed by atoms with E-state index in [4.69, 9.17) is 0 Å². The number of hydrogen-bond donors (Lipinski definition) is 1. The van der Waals surface area contributed by atoms with Crippen LogP contribution in [0.2, 0.25) is 0 Å². The van der Waals surface area contributed by atoms with E-state index in [1.54, 1.807) is 0 Å². The molecule has 0 aliphatic carbocycles. The van der Waals surface area contributed by atoms with Crippen molar-refractivity contribution in [3.8, 4) is 0 Å². The number of nitrogens with zero attached hydrogens (tertiary/aromatic N) is 4. The largest absolute Gasteiger partial charge is 0.275 e. The molecule has 1 N–H and O–H groups in total. The fourth-order valence-corrected chi connectivity index (χ4v) is 2.38. The van der Waals surface area contributed by atoms with Crippen molar-refractivity contribution in [2.75, 3.05) is 4.83 Å². The number of benzene rings is 1. The van der Waals surface area contributed by atoms with Crippen molar-refractivity contribution in [3.63, 3.8) is 0 Å². The van der Waals surface area contributed by atoms with Gasteiger partial charge in [0, 0.05) is 11.6 Å². The van der Waals surface area contributed by atoms with Gasteiger partial charge in [-0.15, -0.1) is 10.2 Å². The fourth-order valence-electron chi connectivity index (χ4n) is 1.39. The van der Waals surface area contributed by atoms with E-state index in [9.17, 15) is 18.5 Å². The normalized spacial score (nSPS) is 11.2. The molecule has 1 aromatic carbocycles. The number of aromatic nitrogens is 3. The minimum atomic E-state index is -3.93. The lowest BCUT2D eigenvalue weighted by molar-refractivity contribution is -0.385. The van der Waals surface area contributed by atoms with Gasteiger partial charge in [-0.25, -0.2) is 9.51 Å². The number of nitro groups is 1. The molecule has 2 aromatic rings. The van der Waals surface area contributed by atoms with Crippen LogP contribution >= 0.6 is 0 Å². The van der Waals surface area contributed by atoms with E-state index in [-0.39, 0.29) is 10.6 Å². The molecule has 0 saturated heterocycles. The molecule has 10 heteroatoms. The predicted molar refractivity (Wildman–Crippen MR) is 64.4 cm³/mol. The van der Waals surface area contributed by atoms with Gasteiger partial charge in [-0.2, -0.15) is 8.42 Å². The zero-order chi connectivity index (χ0) is 14.0. The van der Waals surface area contributed by atoms with Gasteiger partial charge in [0.05, 0.1) is 9.82 Å². The highest BCUT2D eigenvalue weighted by atomic mass is 32.2. The highest BCUT2D eigenvalue weighted by molar-refractivity contribution is 7.92. The number of hydrogen-bond acceptors (Lipinski definition) is 6. The number of aryl methyl sites for hydroxylation is 1. The first-order valence-electron chi connectivity index (χ1n) is 5.02. The van der Waals surface area contributed by atoms with Crippen LogP contribution in [0.25, 0.3) is 0 Å². The molecule has 9 nitrogen and oxygen atoms in total. The summed E-state index contributed by atoms with van der Waals surface area (Å²) in [5, 5.41) is 17.7. The first-order chi connectivity index (χ1) is 8.90. The number of sulfonamides is 1.